The number of carbonyl (C=O) groups excluding carboxylic acids is 1. The minimum atomic E-state index is -0.900. The lowest BCUT2D eigenvalue weighted by Gasteiger charge is -2.32. The Hall–Kier alpha value is -1.77. The largest absolute Gasteiger partial charge is 0.452 e. The molecule has 0 spiro atoms. The summed E-state index contributed by atoms with van der Waals surface area (Å²) < 4.78 is 11.1. The van der Waals surface area contributed by atoms with Gasteiger partial charge in [-0.15, -0.1) is 0 Å². The van der Waals surface area contributed by atoms with E-state index in [2.05, 4.69) is 13.0 Å². The third kappa shape index (κ3) is 6.51. The zero-order valence-corrected chi connectivity index (χ0v) is 16.7. The van der Waals surface area contributed by atoms with E-state index in [9.17, 15) is 4.79 Å². The first-order valence-corrected chi connectivity index (χ1v) is 10.3. The van der Waals surface area contributed by atoms with Gasteiger partial charge in [0.1, 0.15) is 11.3 Å². The Bertz CT molecular complexity index is 601. The molecule has 3 heteroatoms. The predicted octanol–water partition coefficient (Wildman–Crippen LogP) is 6.91. The molecule has 2 rings (SSSR count). The van der Waals surface area contributed by atoms with E-state index in [1.165, 1.54) is 57.8 Å². The van der Waals surface area contributed by atoms with Crippen LogP contribution < -0.4 is 4.74 Å². The number of hydrogen-bond donors (Lipinski definition) is 0. The molecular formula is C23H34O3. The van der Waals surface area contributed by atoms with Crippen LogP contribution in [0.2, 0.25) is 0 Å². The Kier molecular flexibility index (Phi) is 8.21. The van der Waals surface area contributed by atoms with Gasteiger partial charge in [-0.05, 0) is 24.5 Å². The average molecular weight is 359 g/mol. The number of rotatable bonds is 11. The second-order valence-electron chi connectivity index (χ2n) is 7.63. The number of allylic oxidation sites excluding steroid dienone is 1. The van der Waals surface area contributed by atoms with E-state index in [0.29, 0.717) is 11.3 Å². The number of ether oxygens (including phenoxy) is 2. The zero-order valence-electron chi connectivity index (χ0n) is 16.7. The van der Waals surface area contributed by atoms with Crippen molar-refractivity contribution in [1.29, 1.82) is 0 Å². The van der Waals surface area contributed by atoms with Gasteiger partial charge in [0.2, 0.25) is 5.79 Å². The highest BCUT2D eigenvalue weighted by atomic mass is 16.7. The molecule has 0 fully saturated rings. The molecule has 0 aromatic heterocycles. The quantitative estimate of drug-likeness (QED) is 0.318. The topological polar surface area (TPSA) is 35.5 Å². The number of carbonyl (C=O) groups is 1. The van der Waals surface area contributed by atoms with Crippen LogP contribution in [-0.2, 0) is 4.74 Å². The Morgan fingerprint density at radius 2 is 1.58 bits per heavy atom. The van der Waals surface area contributed by atoms with Crippen LogP contribution in [-0.4, -0.2) is 11.8 Å². The van der Waals surface area contributed by atoms with E-state index < -0.39 is 5.79 Å². The Balaban J connectivity index is 1.72. The lowest BCUT2D eigenvalue weighted by atomic mass is 10.0. The van der Waals surface area contributed by atoms with Crippen molar-refractivity contribution in [1.82, 2.24) is 0 Å². The van der Waals surface area contributed by atoms with Crippen molar-refractivity contribution in [2.45, 2.75) is 90.8 Å². The van der Waals surface area contributed by atoms with Crippen LogP contribution in [0, 0.1) is 0 Å². The highest BCUT2D eigenvalue weighted by molar-refractivity contribution is 5.97. The van der Waals surface area contributed by atoms with Gasteiger partial charge < -0.3 is 9.47 Å². The van der Waals surface area contributed by atoms with Crippen LogP contribution in [0.3, 0.4) is 0 Å². The molecule has 0 atom stereocenters. The van der Waals surface area contributed by atoms with Crippen molar-refractivity contribution in [2.75, 3.05) is 0 Å². The summed E-state index contributed by atoms with van der Waals surface area (Å²) in [5.74, 6) is -0.598. The van der Waals surface area contributed by atoms with Crippen molar-refractivity contribution in [3.05, 3.63) is 35.4 Å². The van der Waals surface area contributed by atoms with Crippen LogP contribution in [0.4, 0.5) is 0 Å². The van der Waals surface area contributed by atoms with Crippen molar-refractivity contribution in [2.24, 2.45) is 0 Å². The van der Waals surface area contributed by atoms with Gasteiger partial charge in [-0.1, -0.05) is 82.6 Å². The maximum absolute atomic E-state index is 12.3. The molecule has 0 amide bonds. The molecular weight excluding hydrogens is 324 g/mol. The molecule has 0 N–H and O–H groups in total. The fraction of sp³-hybridized carbons (Fsp3) is 0.609. The third-order valence-corrected chi connectivity index (χ3v) is 4.73. The SMILES string of the molecule is CCCCCCCCCCC/C=C/c1cccc2c1C(=O)OC(C)(C)O2. The van der Waals surface area contributed by atoms with Crippen LogP contribution in [0.1, 0.15) is 101 Å². The Morgan fingerprint density at radius 1 is 0.923 bits per heavy atom. The highest BCUT2D eigenvalue weighted by Gasteiger charge is 2.34. The van der Waals surface area contributed by atoms with Gasteiger partial charge in [0.05, 0.1) is 0 Å². The molecule has 0 aliphatic carbocycles. The average Bonchev–Trinajstić information content (AvgIpc) is 2.58. The number of esters is 1. The summed E-state index contributed by atoms with van der Waals surface area (Å²) in [6.07, 6.45) is 17.3. The lowest BCUT2D eigenvalue weighted by Crippen LogP contribution is -2.39. The molecule has 1 aromatic rings. The van der Waals surface area contributed by atoms with Gasteiger partial charge in [0.25, 0.3) is 0 Å². The van der Waals surface area contributed by atoms with Gasteiger partial charge in [0, 0.05) is 13.8 Å². The fourth-order valence-electron chi connectivity index (χ4n) is 3.33. The molecule has 3 nitrogen and oxygen atoms in total. The minimum absolute atomic E-state index is 0.306. The van der Waals surface area contributed by atoms with E-state index in [4.69, 9.17) is 9.47 Å². The lowest BCUT2D eigenvalue weighted by molar-refractivity contribution is -0.127. The summed E-state index contributed by atoms with van der Waals surface area (Å²) in [6.45, 7) is 5.76. The summed E-state index contributed by atoms with van der Waals surface area (Å²) in [6, 6.07) is 5.69. The summed E-state index contributed by atoms with van der Waals surface area (Å²) in [5.41, 5.74) is 1.41. The number of hydrogen-bond acceptors (Lipinski definition) is 3. The Labute approximate surface area is 158 Å². The van der Waals surface area contributed by atoms with Crippen molar-refractivity contribution in [3.8, 4) is 5.75 Å². The fourth-order valence-corrected chi connectivity index (χ4v) is 3.33. The molecule has 1 aromatic carbocycles. The molecule has 0 radical (unpaired) electrons. The van der Waals surface area contributed by atoms with Gasteiger partial charge in [0.15, 0.2) is 0 Å². The third-order valence-electron chi connectivity index (χ3n) is 4.73. The normalized spacial score (nSPS) is 15.6. The van der Waals surface area contributed by atoms with Gasteiger partial charge in [-0.25, -0.2) is 4.79 Å². The predicted molar refractivity (Wildman–Crippen MR) is 107 cm³/mol. The summed E-state index contributed by atoms with van der Waals surface area (Å²) in [7, 11) is 0. The number of fused-ring (bicyclic) bond motifs is 1. The molecule has 0 saturated heterocycles. The molecule has 1 aliphatic rings. The molecule has 0 bridgehead atoms. The van der Waals surface area contributed by atoms with E-state index in [1.807, 2.05) is 24.3 Å². The standard InChI is InChI=1S/C23H34O3/c1-4-5-6-7-8-9-10-11-12-13-14-16-19-17-15-18-20-21(19)22(24)26-23(2,3)25-20/h14-18H,4-13H2,1-3H3/b16-14+. The van der Waals surface area contributed by atoms with E-state index in [0.717, 1.165) is 12.0 Å². The molecule has 0 unspecified atom stereocenters. The van der Waals surface area contributed by atoms with E-state index in [1.54, 1.807) is 13.8 Å². The van der Waals surface area contributed by atoms with E-state index in [-0.39, 0.29) is 5.97 Å². The number of cyclic esters (lactones) is 1. The second kappa shape index (κ2) is 10.4. The van der Waals surface area contributed by atoms with Crippen LogP contribution in [0.5, 0.6) is 5.75 Å². The number of unbranched alkanes of at least 4 members (excludes halogenated alkanes) is 9. The molecule has 26 heavy (non-hydrogen) atoms. The molecule has 1 heterocycles. The van der Waals surface area contributed by atoms with Gasteiger partial charge in [-0.2, -0.15) is 0 Å². The van der Waals surface area contributed by atoms with E-state index >= 15 is 0 Å². The summed E-state index contributed by atoms with van der Waals surface area (Å²) >= 11 is 0. The monoisotopic (exact) mass is 358 g/mol. The van der Waals surface area contributed by atoms with Gasteiger partial charge in [-0.3, -0.25) is 0 Å². The molecule has 1 aliphatic heterocycles. The molecule has 144 valence electrons. The first-order valence-electron chi connectivity index (χ1n) is 10.3. The first-order chi connectivity index (χ1) is 12.5. The Morgan fingerprint density at radius 3 is 2.27 bits per heavy atom. The maximum Gasteiger partial charge on any atom is 0.345 e. The zero-order chi connectivity index (χ0) is 18.8. The molecule has 0 saturated carbocycles. The van der Waals surface area contributed by atoms with Crippen LogP contribution in [0.25, 0.3) is 6.08 Å². The summed E-state index contributed by atoms with van der Waals surface area (Å²) in [4.78, 5) is 12.3. The highest BCUT2D eigenvalue weighted by Crippen LogP contribution is 2.33. The smallest absolute Gasteiger partial charge is 0.345 e. The van der Waals surface area contributed by atoms with Crippen LogP contribution in [0.15, 0.2) is 24.3 Å². The summed E-state index contributed by atoms with van der Waals surface area (Å²) in [5, 5.41) is 0. The number of benzene rings is 1. The van der Waals surface area contributed by atoms with Crippen molar-refractivity contribution >= 4 is 12.0 Å². The second-order valence-corrected chi connectivity index (χ2v) is 7.63. The first kappa shape index (κ1) is 20.5. The van der Waals surface area contributed by atoms with Crippen molar-refractivity contribution in [3.63, 3.8) is 0 Å². The van der Waals surface area contributed by atoms with Gasteiger partial charge >= 0.3 is 5.97 Å². The van der Waals surface area contributed by atoms with Crippen LogP contribution >= 0.6 is 0 Å². The minimum Gasteiger partial charge on any atom is -0.452 e. The maximum atomic E-state index is 12.3. The van der Waals surface area contributed by atoms with Crippen molar-refractivity contribution < 1.29 is 14.3 Å².